The summed E-state index contributed by atoms with van der Waals surface area (Å²) >= 11 is 0. The van der Waals surface area contributed by atoms with Gasteiger partial charge in [0.2, 0.25) is 5.95 Å². The summed E-state index contributed by atoms with van der Waals surface area (Å²) in [4.78, 5) is 17.4. The zero-order valence-electron chi connectivity index (χ0n) is 17.3. The third-order valence-corrected chi connectivity index (χ3v) is 4.66. The van der Waals surface area contributed by atoms with Crippen LogP contribution >= 0.6 is 0 Å². The Morgan fingerprint density at radius 3 is 2.58 bits per heavy atom. The van der Waals surface area contributed by atoms with Gasteiger partial charge in [-0.05, 0) is 42.8 Å². The first kappa shape index (κ1) is 20.2. The molecule has 7 heteroatoms. The monoisotopic (exact) mass is 414 g/mol. The van der Waals surface area contributed by atoms with Crippen LogP contribution in [0, 0.1) is 6.92 Å². The quantitative estimate of drug-likeness (QED) is 0.437. The topological polar surface area (TPSA) is 82.2 Å². The molecule has 2 aromatic heterocycles. The van der Waals surface area contributed by atoms with Crippen LogP contribution in [0.2, 0.25) is 0 Å². The smallest absolute Gasteiger partial charge is 0.274 e. The fourth-order valence-electron chi connectivity index (χ4n) is 2.94. The maximum atomic E-state index is 12.9. The molecule has 2 heterocycles. The van der Waals surface area contributed by atoms with Crippen LogP contribution in [0.5, 0.6) is 5.75 Å². The van der Waals surface area contributed by atoms with E-state index >= 15 is 0 Å². The predicted molar refractivity (Wildman–Crippen MR) is 119 cm³/mol. The highest BCUT2D eigenvalue weighted by Gasteiger charge is 2.16. The summed E-state index contributed by atoms with van der Waals surface area (Å²) in [5.41, 5.74) is 2.84. The predicted octanol–water partition coefficient (Wildman–Crippen LogP) is 4.82. The number of hydrogen-bond donors (Lipinski definition) is 1. The largest absolute Gasteiger partial charge is 0.497 e. The molecule has 0 saturated carbocycles. The van der Waals surface area contributed by atoms with E-state index in [0.29, 0.717) is 18.3 Å². The van der Waals surface area contributed by atoms with E-state index in [0.717, 1.165) is 28.2 Å². The Balaban J connectivity index is 1.60. The highest BCUT2D eigenvalue weighted by Crippen LogP contribution is 2.20. The van der Waals surface area contributed by atoms with Crippen molar-refractivity contribution in [1.82, 2.24) is 14.8 Å². The minimum atomic E-state index is -0.316. The number of aromatic nitrogens is 3. The normalized spacial score (nSPS) is 11.0. The Bertz CT molecular complexity index is 1170. The van der Waals surface area contributed by atoms with Gasteiger partial charge in [0.05, 0.1) is 19.9 Å². The van der Waals surface area contributed by atoms with E-state index in [1.807, 2.05) is 67.6 Å². The Morgan fingerprint density at radius 1 is 1.13 bits per heavy atom. The maximum absolute atomic E-state index is 12.9. The van der Waals surface area contributed by atoms with E-state index in [1.54, 1.807) is 19.4 Å². The van der Waals surface area contributed by atoms with Gasteiger partial charge in [-0.2, -0.15) is 9.67 Å². The fourth-order valence-corrected chi connectivity index (χ4v) is 2.94. The van der Waals surface area contributed by atoms with Crippen LogP contribution in [0.4, 0.5) is 5.95 Å². The van der Waals surface area contributed by atoms with Crippen molar-refractivity contribution in [3.05, 3.63) is 89.9 Å². The molecule has 0 atom stereocenters. The lowest BCUT2D eigenvalue weighted by Gasteiger charge is -2.04. The molecule has 7 nitrogen and oxygen atoms in total. The minimum Gasteiger partial charge on any atom is -0.497 e. The highest BCUT2D eigenvalue weighted by molar-refractivity contribution is 5.94. The third kappa shape index (κ3) is 4.90. The lowest BCUT2D eigenvalue weighted by atomic mass is 10.1. The SMILES string of the molecule is COc1ccc(C=CC(=O)n2nc(-c3ccc(C)cc3)nc2NCc2ccco2)cc1. The number of furan rings is 1. The van der Waals surface area contributed by atoms with Crippen LogP contribution in [0.25, 0.3) is 17.5 Å². The van der Waals surface area contributed by atoms with E-state index in [2.05, 4.69) is 15.4 Å². The zero-order valence-corrected chi connectivity index (χ0v) is 17.3. The van der Waals surface area contributed by atoms with Crippen molar-refractivity contribution in [3.63, 3.8) is 0 Å². The van der Waals surface area contributed by atoms with Gasteiger partial charge in [-0.3, -0.25) is 4.79 Å². The van der Waals surface area contributed by atoms with Crippen molar-refractivity contribution < 1.29 is 13.9 Å². The molecule has 31 heavy (non-hydrogen) atoms. The summed E-state index contributed by atoms with van der Waals surface area (Å²) in [6.07, 6.45) is 4.79. The van der Waals surface area contributed by atoms with Gasteiger partial charge in [-0.25, -0.2) is 0 Å². The first-order valence-corrected chi connectivity index (χ1v) is 9.79. The lowest BCUT2D eigenvalue weighted by molar-refractivity contribution is 0.0957. The van der Waals surface area contributed by atoms with Crippen LogP contribution in [0.15, 0.2) is 77.4 Å². The summed E-state index contributed by atoms with van der Waals surface area (Å²) in [5, 5.41) is 7.58. The number of ether oxygens (including phenoxy) is 1. The molecule has 0 amide bonds. The van der Waals surface area contributed by atoms with E-state index in [1.165, 1.54) is 10.8 Å². The van der Waals surface area contributed by atoms with Crippen molar-refractivity contribution in [2.75, 3.05) is 12.4 Å². The highest BCUT2D eigenvalue weighted by atomic mass is 16.5. The average Bonchev–Trinajstić information content (AvgIpc) is 3.47. The first-order valence-electron chi connectivity index (χ1n) is 9.79. The van der Waals surface area contributed by atoms with Gasteiger partial charge in [0.1, 0.15) is 11.5 Å². The van der Waals surface area contributed by atoms with Gasteiger partial charge in [0.25, 0.3) is 5.91 Å². The summed E-state index contributed by atoms with van der Waals surface area (Å²) in [5.74, 6) is 1.98. The molecule has 4 rings (SSSR count). The molecule has 0 spiro atoms. The van der Waals surface area contributed by atoms with Crippen LogP contribution in [-0.4, -0.2) is 27.8 Å². The van der Waals surface area contributed by atoms with Gasteiger partial charge in [0.15, 0.2) is 5.82 Å². The minimum absolute atomic E-state index is 0.316. The summed E-state index contributed by atoms with van der Waals surface area (Å²) in [6, 6.07) is 18.9. The Labute approximate surface area is 180 Å². The number of nitrogens with one attached hydrogen (secondary N) is 1. The van der Waals surface area contributed by atoms with Crippen LogP contribution in [-0.2, 0) is 6.54 Å². The molecule has 0 saturated heterocycles. The van der Waals surface area contributed by atoms with E-state index in [4.69, 9.17) is 9.15 Å². The van der Waals surface area contributed by atoms with Gasteiger partial charge in [-0.1, -0.05) is 42.0 Å². The second-order valence-electron chi connectivity index (χ2n) is 6.91. The number of benzene rings is 2. The molecule has 4 aromatic rings. The van der Waals surface area contributed by atoms with Crippen molar-refractivity contribution in [2.24, 2.45) is 0 Å². The lowest BCUT2D eigenvalue weighted by Crippen LogP contribution is -2.14. The summed E-state index contributed by atoms with van der Waals surface area (Å²) in [7, 11) is 1.61. The molecule has 0 unspecified atom stereocenters. The molecular formula is C24H22N4O3. The van der Waals surface area contributed by atoms with Crippen molar-refractivity contribution in [2.45, 2.75) is 13.5 Å². The first-order chi connectivity index (χ1) is 15.1. The molecule has 1 N–H and O–H groups in total. The van der Waals surface area contributed by atoms with Gasteiger partial charge in [-0.15, -0.1) is 5.10 Å². The van der Waals surface area contributed by atoms with Gasteiger partial charge in [0, 0.05) is 11.6 Å². The van der Waals surface area contributed by atoms with Crippen LogP contribution in [0.3, 0.4) is 0 Å². The van der Waals surface area contributed by atoms with Crippen molar-refractivity contribution in [1.29, 1.82) is 0 Å². The summed E-state index contributed by atoms with van der Waals surface area (Å²) < 4.78 is 11.8. The fraction of sp³-hybridized carbons (Fsp3) is 0.125. The van der Waals surface area contributed by atoms with Gasteiger partial charge < -0.3 is 14.5 Å². The Morgan fingerprint density at radius 2 is 1.90 bits per heavy atom. The number of aryl methyl sites for hydroxylation is 1. The molecule has 0 bridgehead atoms. The molecule has 156 valence electrons. The number of methoxy groups -OCH3 is 1. The number of nitrogens with zero attached hydrogens (tertiary/aromatic N) is 3. The number of hydrogen-bond acceptors (Lipinski definition) is 6. The number of allylic oxidation sites excluding steroid dienone is 1. The second-order valence-corrected chi connectivity index (χ2v) is 6.91. The Kier molecular flexibility index (Phi) is 5.93. The number of anilines is 1. The average molecular weight is 414 g/mol. The van der Waals surface area contributed by atoms with Crippen molar-refractivity contribution in [3.8, 4) is 17.1 Å². The number of rotatable bonds is 7. The summed E-state index contributed by atoms with van der Waals surface area (Å²) in [6.45, 7) is 2.40. The van der Waals surface area contributed by atoms with E-state index < -0.39 is 0 Å². The second kappa shape index (κ2) is 9.13. The molecule has 0 radical (unpaired) electrons. The molecule has 2 aromatic carbocycles. The molecular weight excluding hydrogens is 392 g/mol. The zero-order chi connectivity index (χ0) is 21.6. The molecule has 0 aliphatic rings. The van der Waals surface area contributed by atoms with Crippen LogP contribution < -0.4 is 10.1 Å². The van der Waals surface area contributed by atoms with E-state index in [9.17, 15) is 4.79 Å². The van der Waals surface area contributed by atoms with Crippen LogP contribution in [0.1, 0.15) is 21.7 Å². The van der Waals surface area contributed by atoms with E-state index in [-0.39, 0.29) is 5.91 Å². The van der Waals surface area contributed by atoms with Gasteiger partial charge >= 0.3 is 0 Å². The Hall–Kier alpha value is -4.13. The standard InChI is InChI=1S/C24H22N4O3/c1-17-5-10-19(11-6-17)23-26-24(25-16-21-4-3-15-31-21)28(27-23)22(29)14-9-18-7-12-20(30-2)13-8-18/h3-15H,16H2,1-2H3,(H,25,26,27). The van der Waals surface area contributed by atoms with Crippen molar-refractivity contribution >= 4 is 17.9 Å². The molecule has 0 aliphatic carbocycles. The number of carbonyl (C=O) groups is 1. The third-order valence-electron chi connectivity index (χ3n) is 4.66. The number of carbonyl (C=O) groups excluding carboxylic acids is 1. The molecule has 0 fully saturated rings. The molecule has 0 aliphatic heterocycles. The maximum Gasteiger partial charge on any atom is 0.274 e.